The number of carboxylic acids is 1. The summed E-state index contributed by atoms with van der Waals surface area (Å²) < 4.78 is 26.0. The van der Waals surface area contributed by atoms with E-state index in [1.807, 2.05) is 0 Å². The van der Waals surface area contributed by atoms with Gasteiger partial charge in [-0.1, -0.05) is 26.2 Å². The molecule has 0 aliphatic carbocycles. The van der Waals surface area contributed by atoms with Crippen LogP contribution >= 0.6 is 0 Å². The minimum atomic E-state index is -3.62. The quantitative estimate of drug-likeness (QED) is 0.755. The maximum atomic E-state index is 12.5. The number of aliphatic carboxylic acids is 1. The maximum Gasteiger partial charge on any atom is 0.322 e. The number of rotatable bonds is 7. The highest BCUT2D eigenvalue weighted by molar-refractivity contribution is 7.89. The molecule has 1 aliphatic rings. The number of sulfonamides is 1. The largest absolute Gasteiger partial charge is 0.480 e. The molecule has 0 radical (unpaired) electrons. The number of carbonyl (C=O) groups is 1. The minimum absolute atomic E-state index is 0.0176. The summed E-state index contributed by atoms with van der Waals surface area (Å²) in [4.78, 5) is 19.7. The van der Waals surface area contributed by atoms with Gasteiger partial charge in [0.25, 0.3) is 0 Å². The first-order valence-electron chi connectivity index (χ1n) is 7.46. The highest BCUT2D eigenvalue weighted by Crippen LogP contribution is 2.24. The van der Waals surface area contributed by atoms with E-state index in [-0.39, 0.29) is 18.7 Å². The Hall–Kier alpha value is -1.54. The fourth-order valence-corrected chi connectivity index (χ4v) is 4.25. The summed E-state index contributed by atoms with van der Waals surface area (Å²) in [5, 5.41) is 9.35. The van der Waals surface area contributed by atoms with Gasteiger partial charge in [0.05, 0.1) is 23.7 Å². The van der Waals surface area contributed by atoms with Crippen LogP contribution in [0.2, 0.25) is 0 Å². The van der Waals surface area contributed by atoms with E-state index in [9.17, 15) is 18.3 Å². The van der Waals surface area contributed by atoms with Gasteiger partial charge in [-0.05, 0) is 6.42 Å². The van der Waals surface area contributed by atoms with E-state index in [0.717, 1.165) is 23.6 Å². The van der Waals surface area contributed by atoms with Crippen molar-refractivity contribution in [3.63, 3.8) is 0 Å². The predicted molar refractivity (Wildman–Crippen MR) is 80.6 cm³/mol. The Labute approximate surface area is 130 Å². The van der Waals surface area contributed by atoms with Gasteiger partial charge in [0, 0.05) is 18.8 Å². The highest BCUT2D eigenvalue weighted by Gasteiger charge is 2.39. The number of fused-ring (bicyclic) bond motifs is 1. The Bertz CT molecular complexity index is 633. The van der Waals surface area contributed by atoms with Gasteiger partial charge in [-0.2, -0.15) is 4.31 Å². The van der Waals surface area contributed by atoms with Crippen LogP contribution in [-0.4, -0.2) is 45.6 Å². The second-order valence-corrected chi connectivity index (χ2v) is 7.47. The van der Waals surface area contributed by atoms with Crippen LogP contribution in [0.1, 0.15) is 44.0 Å². The molecule has 0 unspecified atom stereocenters. The fourth-order valence-electron chi connectivity index (χ4n) is 2.57. The molecule has 8 heteroatoms. The van der Waals surface area contributed by atoms with Crippen molar-refractivity contribution in [1.29, 1.82) is 0 Å². The summed E-state index contributed by atoms with van der Waals surface area (Å²) in [6, 6.07) is -1.10. The third kappa shape index (κ3) is 3.80. The molecule has 0 spiro atoms. The van der Waals surface area contributed by atoms with Crippen LogP contribution in [0.15, 0.2) is 12.4 Å². The molecule has 2 rings (SSSR count). The summed E-state index contributed by atoms with van der Waals surface area (Å²) in [7, 11) is -3.62. The van der Waals surface area contributed by atoms with Gasteiger partial charge in [-0.3, -0.25) is 14.8 Å². The molecule has 1 N–H and O–H groups in total. The van der Waals surface area contributed by atoms with E-state index in [4.69, 9.17) is 0 Å². The van der Waals surface area contributed by atoms with E-state index in [0.29, 0.717) is 17.8 Å². The summed E-state index contributed by atoms with van der Waals surface area (Å²) in [5.41, 5.74) is 1.10. The molecule has 122 valence electrons. The predicted octanol–water partition coefficient (Wildman–Crippen LogP) is 1.20. The van der Waals surface area contributed by atoms with E-state index >= 15 is 0 Å². The Kier molecular flexibility index (Phi) is 5.47. The van der Waals surface area contributed by atoms with E-state index in [1.165, 1.54) is 12.4 Å². The second-order valence-electron chi connectivity index (χ2n) is 5.43. The molecule has 0 fully saturated rings. The molecular weight excluding hydrogens is 306 g/mol. The van der Waals surface area contributed by atoms with Crippen molar-refractivity contribution in [2.45, 2.75) is 51.6 Å². The Balaban J connectivity index is 2.18. The molecule has 22 heavy (non-hydrogen) atoms. The average Bonchev–Trinajstić information content (AvgIpc) is 2.50. The first-order valence-corrected chi connectivity index (χ1v) is 9.07. The van der Waals surface area contributed by atoms with Crippen LogP contribution in [0.25, 0.3) is 0 Å². The number of nitrogens with zero attached hydrogens (tertiary/aromatic N) is 3. The van der Waals surface area contributed by atoms with Crippen molar-refractivity contribution in [1.82, 2.24) is 14.3 Å². The molecule has 0 amide bonds. The lowest BCUT2D eigenvalue weighted by Gasteiger charge is -2.32. The zero-order valence-corrected chi connectivity index (χ0v) is 13.4. The van der Waals surface area contributed by atoms with E-state index < -0.39 is 22.0 Å². The van der Waals surface area contributed by atoms with Crippen molar-refractivity contribution in [3.8, 4) is 0 Å². The van der Waals surface area contributed by atoms with Gasteiger partial charge in [0.2, 0.25) is 10.0 Å². The van der Waals surface area contributed by atoms with Gasteiger partial charge in [0.15, 0.2) is 0 Å². The van der Waals surface area contributed by atoms with Crippen molar-refractivity contribution in [2.24, 2.45) is 0 Å². The molecule has 1 aromatic heterocycles. The maximum absolute atomic E-state index is 12.5. The average molecular weight is 327 g/mol. The lowest BCUT2D eigenvalue weighted by Crippen LogP contribution is -2.49. The molecule has 0 saturated heterocycles. The minimum Gasteiger partial charge on any atom is -0.480 e. The van der Waals surface area contributed by atoms with Gasteiger partial charge in [-0.25, -0.2) is 8.42 Å². The Morgan fingerprint density at radius 2 is 1.95 bits per heavy atom. The molecule has 1 aliphatic heterocycles. The number of aromatic nitrogens is 2. The molecule has 7 nitrogen and oxygen atoms in total. The van der Waals surface area contributed by atoms with Crippen LogP contribution in [0, 0.1) is 0 Å². The summed E-state index contributed by atoms with van der Waals surface area (Å²) in [5.74, 6) is -1.17. The van der Waals surface area contributed by atoms with Crippen LogP contribution < -0.4 is 0 Å². The SMILES string of the molecule is CCCCCCS(=O)(=O)N1Cc2nccnc2C[C@@H]1C(=O)O. The first-order chi connectivity index (χ1) is 10.5. The van der Waals surface area contributed by atoms with Gasteiger partial charge >= 0.3 is 5.97 Å². The monoisotopic (exact) mass is 327 g/mol. The number of hydrogen-bond acceptors (Lipinski definition) is 5. The van der Waals surface area contributed by atoms with Crippen LogP contribution in [0.5, 0.6) is 0 Å². The second kappa shape index (κ2) is 7.15. The van der Waals surface area contributed by atoms with E-state index in [2.05, 4.69) is 16.9 Å². The van der Waals surface area contributed by atoms with Crippen LogP contribution in [0.4, 0.5) is 0 Å². The first kappa shape index (κ1) is 16.8. The number of carboxylic acid groups (broad SMARTS) is 1. The van der Waals surface area contributed by atoms with Gasteiger partial charge in [0.1, 0.15) is 6.04 Å². The smallest absolute Gasteiger partial charge is 0.322 e. The van der Waals surface area contributed by atoms with Crippen molar-refractivity contribution in [3.05, 3.63) is 23.8 Å². The van der Waals surface area contributed by atoms with Crippen LogP contribution in [-0.2, 0) is 27.8 Å². The molecule has 1 atom stereocenters. The molecule has 2 heterocycles. The van der Waals surface area contributed by atoms with Crippen molar-refractivity contribution in [2.75, 3.05) is 5.75 Å². The lowest BCUT2D eigenvalue weighted by molar-refractivity contribution is -0.141. The Morgan fingerprint density at radius 3 is 2.59 bits per heavy atom. The summed E-state index contributed by atoms with van der Waals surface area (Å²) in [6.45, 7) is 2.03. The number of unbranched alkanes of at least 4 members (excludes halogenated alkanes) is 3. The molecule has 0 aromatic carbocycles. The summed E-state index contributed by atoms with van der Waals surface area (Å²) in [6.07, 6.45) is 6.42. The normalized spacial score (nSPS) is 18.9. The third-order valence-electron chi connectivity index (χ3n) is 3.80. The van der Waals surface area contributed by atoms with E-state index in [1.54, 1.807) is 0 Å². The zero-order chi connectivity index (χ0) is 16.2. The third-order valence-corrected chi connectivity index (χ3v) is 5.70. The highest BCUT2D eigenvalue weighted by atomic mass is 32.2. The fraction of sp³-hybridized carbons (Fsp3) is 0.643. The van der Waals surface area contributed by atoms with Gasteiger partial charge < -0.3 is 5.11 Å². The van der Waals surface area contributed by atoms with Crippen molar-refractivity contribution >= 4 is 16.0 Å². The topological polar surface area (TPSA) is 100 Å². The number of hydrogen-bond donors (Lipinski definition) is 1. The Morgan fingerprint density at radius 1 is 1.27 bits per heavy atom. The summed E-state index contributed by atoms with van der Waals surface area (Å²) >= 11 is 0. The molecule has 1 aromatic rings. The standard InChI is InChI=1S/C14H21N3O4S/c1-2-3-4-5-8-22(20,21)17-10-12-11(15-6-7-16-12)9-13(17)14(18)19/h6-7,13H,2-5,8-10H2,1H3,(H,18,19)/t13-/m1/s1. The van der Waals surface area contributed by atoms with Crippen LogP contribution in [0.3, 0.4) is 0 Å². The lowest BCUT2D eigenvalue weighted by atomic mass is 10.1. The van der Waals surface area contributed by atoms with Gasteiger partial charge in [-0.15, -0.1) is 0 Å². The zero-order valence-electron chi connectivity index (χ0n) is 12.6. The van der Waals surface area contributed by atoms with Crippen molar-refractivity contribution < 1.29 is 18.3 Å². The molecular formula is C14H21N3O4S. The molecule has 0 saturated carbocycles. The molecule has 0 bridgehead atoms.